The number of aryl methyl sites for hydroxylation is 1. The smallest absolute Gasteiger partial charge is 0.165 e. The number of pyridine rings is 1. The van der Waals surface area contributed by atoms with Crippen LogP contribution in [0.5, 0.6) is 0 Å². The topological polar surface area (TPSA) is 56.2 Å². The predicted molar refractivity (Wildman–Crippen MR) is 50.3 cm³/mol. The zero-order valence-electron chi connectivity index (χ0n) is 7.73. The molecule has 4 heteroatoms. The molecule has 2 aromatic rings. The van der Waals surface area contributed by atoms with Crippen LogP contribution >= 0.6 is 0 Å². The molecule has 0 aliphatic carbocycles. The highest BCUT2D eigenvalue weighted by atomic mass is 15.2. The molecule has 1 atom stereocenters. The van der Waals surface area contributed by atoms with Crippen molar-refractivity contribution < 1.29 is 0 Å². The van der Waals surface area contributed by atoms with Crippen LogP contribution in [-0.4, -0.2) is 14.6 Å². The maximum Gasteiger partial charge on any atom is 0.165 e. The molecule has 2 N–H and O–H groups in total. The molecule has 0 aromatic carbocycles. The second-order valence-corrected chi connectivity index (χ2v) is 3.19. The molecule has 0 radical (unpaired) electrons. The molecule has 68 valence electrons. The molecule has 0 bridgehead atoms. The highest BCUT2D eigenvalue weighted by Crippen LogP contribution is 2.15. The van der Waals surface area contributed by atoms with Crippen LogP contribution in [0.1, 0.15) is 24.4 Å². The van der Waals surface area contributed by atoms with E-state index in [-0.39, 0.29) is 6.04 Å². The first kappa shape index (κ1) is 8.19. The summed E-state index contributed by atoms with van der Waals surface area (Å²) in [6, 6.07) is 3.93. The quantitative estimate of drug-likeness (QED) is 0.706. The minimum absolute atomic E-state index is 0.00713. The van der Waals surface area contributed by atoms with Gasteiger partial charge in [-0.25, -0.2) is 0 Å². The van der Waals surface area contributed by atoms with Crippen LogP contribution in [0.15, 0.2) is 18.3 Å². The summed E-state index contributed by atoms with van der Waals surface area (Å²) in [6.07, 6.45) is 1.94. The van der Waals surface area contributed by atoms with Crippen molar-refractivity contribution in [2.75, 3.05) is 0 Å². The maximum atomic E-state index is 5.81. The average Bonchev–Trinajstić information content (AvgIpc) is 2.48. The SMILES string of the molecule is Cc1nnc2c(C(C)N)cccn12. The normalized spacial score (nSPS) is 13.5. The summed E-state index contributed by atoms with van der Waals surface area (Å²) in [6.45, 7) is 3.87. The van der Waals surface area contributed by atoms with Crippen LogP contribution in [0, 0.1) is 6.92 Å². The van der Waals surface area contributed by atoms with Crippen molar-refractivity contribution in [2.45, 2.75) is 19.9 Å². The fourth-order valence-corrected chi connectivity index (χ4v) is 1.41. The molecule has 2 heterocycles. The zero-order valence-corrected chi connectivity index (χ0v) is 7.73. The zero-order chi connectivity index (χ0) is 9.42. The van der Waals surface area contributed by atoms with Gasteiger partial charge >= 0.3 is 0 Å². The molecule has 0 spiro atoms. The van der Waals surface area contributed by atoms with Crippen LogP contribution in [0.2, 0.25) is 0 Å². The van der Waals surface area contributed by atoms with Gasteiger partial charge in [-0.1, -0.05) is 6.07 Å². The van der Waals surface area contributed by atoms with Crippen molar-refractivity contribution in [2.24, 2.45) is 5.73 Å². The van der Waals surface area contributed by atoms with Crippen molar-refractivity contribution >= 4 is 5.65 Å². The van der Waals surface area contributed by atoms with Gasteiger partial charge < -0.3 is 5.73 Å². The van der Waals surface area contributed by atoms with Gasteiger partial charge in [-0.3, -0.25) is 4.40 Å². The Morgan fingerprint density at radius 1 is 1.46 bits per heavy atom. The fraction of sp³-hybridized carbons (Fsp3) is 0.333. The number of aromatic nitrogens is 3. The van der Waals surface area contributed by atoms with Crippen LogP contribution in [0.25, 0.3) is 5.65 Å². The molecule has 0 aliphatic heterocycles. The molecule has 1 unspecified atom stereocenters. The lowest BCUT2D eigenvalue weighted by Crippen LogP contribution is -2.07. The van der Waals surface area contributed by atoms with Gasteiger partial charge in [0.15, 0.2) is 5.65 Å². The largest absolute Gasteiger partial charge is 0.324 e. The van der Waals surface area contributed by atoms with Crippen LogP contribution in [0.3, 0.4) is 0 Å². The minimum Gasteiger partial charge on any atom is -0.324 e. The van der Waals surface area contributed by atoms with E-state index in [2.05, 4.69) is 10.2 Å². The lowest BCUT2D eigenvalue weighted by molar-refractivity contribution is 0.815. The van der Waals surface area contributed by atoms with E-state index in [0.29, 0.717) is 0 Å². The van der Waals surface area contributed by atoms with Gasteiger partial charge in [0.05, 0.1) is 0 Å². The van der Waals surface area contributed by atoms with E-state index < -0.39 is 0 Å². The molecular formula is C9H12N4. The third kappa shape index (κ3) is 1.19. The Morgan fingerprint density at radius 3 is 2.92 bits per heavy atom. The summed E-state index contributed by atoms with van der Waals surface area (Å²) in [5.41, 5.74) is 7.70. The predicted octanol–water partition coefficient (Wildman–Crippen LogP) is 1.06. The van der Waals surface area contributed by atoms with E-state index in [1.54, 1.807) is 0 Å². The van der Waals surface area contributed by atoms with E-state index >= 15 is 0 Å². The molecule has 0 saturated carbocycles. The molecular weight excluding hydrogens is 164 g/mol. The monoisotopic (exact) mass is 176 g/mol. The summed E-state index contributed by atoms with van der Waals surface area (Å²) in [5, 5.41) is 8.07. The number of hydrogen-bond acceptors (Lipinski definition) is 3. The molecule has 4 nitrogen and oxygen atoms in total. The minimum atomic E-state index is -0.00713. The number of nitrogens with zero attached hydrogens (tertiary/aromatic N) is 3. The van der Waals surface area contributed by atoms with Gasteiger partial charge in [0, 0.05) is 17.8 Å². The first-order chi connectivity index (χ1) is 6.20. The van der Waals surface area contributed by atoms with E-state index in [1.807, 2.05) is 36.6 Å². The number of hydrogen-bond donors (Lipinski definition) is 1. The van der Waals surface area contributed by atoms with E-state index in [4.69, 9.17) is 5.73 Å². The molecule has 0 aliphatic rings. The summed E-state index contributed by atoms with van der Waals surface area (Å²) < 4.78 is 1.94. The second kappa shape index (κ2) is 2.81. The van der Waals surface area contributed by atoms with Crippen LogP contribution in [-0.2, 0) is 0 Å². The van der Waals surface area contributed by atoms with E-state index in [0.717, 1.165) is 17.0 Å². The highest BCUT2D eigenvalue weighted by molar-refractivity contribution is 5.48. The Morgan fingerprint density at radius 2 is 2.23 bits per heavy atom. The van der Waals surface area contributed by atoms with Crippen molar-refractivity contribution in [3.8, 4) is 0 Å². The summed E-state index contributed by atoms with van der Waals surface area (Å²) in [4.78, 5) is 0. The van der Waals surface area contributed by atoms with Gasteiger partial charge in [0.2, 0.25) is 0 Å². The molecule has 2 aromatic heterocycles. The van der Waals surface area contributed by atoms with Gasteiger partial charge in [0.1, 0.15) is 5.82 Å². The molecule has 2 rings (SSSR count). The number of fused-ring (bicyclic) bond motifs is 1. The third-order valence-corrected chi connectivity index (χ3v) is 2.13. The molecule has 0 amide bonds. The van der Waals surface area contributed by atoms with Gasteiger partial charge in [0.25, 0.3) is 0 Å². The average molecular weight is 176 g/mol. The maximum absolute atomic E-state index is 5.81. The van der Waals surface area contributed by atoms with Crippen LogP contribution in [0.4, 0.5) is 0 Å². The Balaban J connectivity index is 2.77. The Hall–Kier alpha value is -1.42. The first-order valence-electron chi connectivity index (χ1n) is 4.26. The number of rotatable bonds is 1. The third-order valence-electron chi connectivity index (χ3n) is 2.13. The Kier molecular flexibility index (Phi) is 1.77. The Labute approximate surface area is 76.4 Å². The Bertz CT molecular complexity index is 430. The summed E-state index contributed by atoms with van der Waals surface area (Å²) >= 11 is 0. The van der Waals surface area contributed by atoms with Gasteiger partial charge in [-0.15, -0.1) is 10.2 Å². The van der Waals surface area contributed by atoms with Crippen molar-refractivity contribution in [3.05, 3.63) is 29.7 Å². The van der Waals surface area contributed by atoms with E-state index in [9.17, 15) is 0 Å². The molecule has 13 heavy (non-hydrogen) atoms. The molecule has 0 fully saturated rings. The van der Waals surface area contributed by atoms with Crippen LogP contribution < -0.4 is 5.73 Å². The van der Waals surface area contributed by atoms with Gasteiger partial charge in [-0.05, 0) is 19.9 Å². The summed E-state index contributed by atoms with van der Waals surface area (Å²) in [5.74, 6) is 0.887. The van der Waals surface area contributed by atoms with Gasteiger partial charge in [-0.2, -0.15) is 0 Å². The second-order valence-electron chi connectivity index (χ2n) is 3.19. The summed E-state index contributed by atoms with van der Waals surface area (Å²) in [7, 11) is 0. The number of nitrogens with two attached hydrogens (primary N) is 1. The lowest BCUT2D eigenvalue weighted by atomic mass is 10.1. The molecule has 0 saturated heterocycles. The lowest BCUT2D eigenvalue weighted by Gasteiger charge is -2.05. The first-order valence-corrected chi connectivity index (χ1v) is 4.26. The van der Waals surface area contributed by atoms with E-state index in [1.165, 1.54) is 0 Å². The van der Waals surface area contributed by atoms with Crippen molar-refractivity contribution in [1.82, 2.24) is 14.6 Å². The van der Waals surface area contributed by atoms with Crippen molar-refractivity contribution in [1.29, 1.82) is 0 Å². The highest BCUT2D eigenvalue weighted by Gasteiger charge is 2.08. The standard InChI is InChI=1S/C9H12N4/c1-6(10)8-4-3-5-13-7(2)11-12-9(8)13/h3-6H,10H2,1-2H3. The fourth-order valence-electron chi connectivity index (χ4n) is 1.41. The van der Waals surface area contributed by atoms with Crippen molar-refractivity contribution in [3.63, 3.8) is 0 Å².